The predicted octanol–water partition coefficient (Wildman–Crippen LogP) is -0.683. The predicted molar refractivity (Wildman–Crippen MR) is 80.0 cm³/mol. The molecule has 1 aliphatic rings. The lowest BCUT2D eigenvalue weighted by Crippen LogP contribution is -2.35. The number of nitrogens with two attached hydrogens (primary N) is 1. The highest BCUT2D eigenvalue weighted by atomic mass is 31.0. The Hall–Kier alpha value is -1.59. The summed E-state index contributed by atoms with van der Waals surface area (Å²) in [5.41, 5.74) is 5.45. The minimum Gasteiger partial charge on any atom is -0.356 e. The molecule has 0 saturated carbocycles. The molecular weight excluding hydrogens is 293 g/mol. The Morgan fingerprint density at radius 3 is 2.43 bits per heavy atom. The van der Waals surface area contributed by atoms with E-state index in [2.05, 4.69) is 14.6 Å². The van der Waals surface area contributed by atoms with E-state index in [1.807, 2.05) is 0 Å². The van der Waals surface area contributed by atoms with Crippen LogP contribution in [0.1, 0.15) is 25.7 Å². The van der Waals surface area contributed by atoms with Crippen LogP contribution in [0.5, 0.6) is 0 Å². The van der Waals surface area contributed by atoms with Gasteiger partial charge in [0.25, 0.3) is 11.8 Å². The van der Waals surface area contributed by atoms with Gasteiger partial charge in [-0.2, -0.15) is 0 Å². The molecule has 8 heteroatoms. The van der Waals surface area contributed by atoms with Crippen molar-refractivity contribution in [2.75, 3.05) is 13.1 Å². The number of hydrogen-bond donors (Lipinski definition) is 2. The summed E-state index contributed by atoms with van der Waals surface area (Å²) in [5, 5.41) is 2.70. The van der Waals surface area contributed by atoms with Crippen molar-refractivity contribution in [3.05, 3.63) is 12.2 Å². The van der Waals surface area contributed by atoms with Crippen LogP contribution < -0.4 is 11.1 Å². The molecule has 3 N–H and O–H groups in total. The molecule has 0 aromatic carbocycles. The van der Waals surface area contributed by atoms with E-state index >= 15 is 0 Å². The fourth-order valence-electron chi connectivity index (χ4n) is 1.81. The molecule has 2 atom stereocenters. The van der Waals surface area contributed by atoms with Gasteiger partial charge in [-0.3, -0.25) is 24.1 Å². The molecule has 0 bridgehead atoms. The molecule has 0 aromatic heterocycles. The van der Waals surface area contributed by atoms with Crippen LogP contribution in [0.3, 0.4) is 0 Å². The van der Waals surface area contributed by atoms with Crippen LogP contribution in [0.4, 0.5) is 0 Å². The SMILES string of the molecule is NC(CCCCNC(=O)CCN1C(=O)C=CC1=O)C(=O)P. The molecule has 3 amide bonds. The van der Waals surface area contributed by atoms with Crippen molar-refractivity contribution >= 4 is 32.5 Å². The van der Waals surface area contributed by atoms with E-state index in [9.17, 15) is 19.2 Å². The molecule has 7 nitrogen and oxygen atoms in total. The van der Waals surface area contributed by atoms with Crippen molar-refractivity contribution in [2.45, 2.75) is 31.7 Å². The van der Waals surface area contributed by atoms with Gasteiger partial charge in [-0.05, 0) is 19.3 Å². The van der Waals surface area contributed by atoms with Crippen molar-refractivity contribution in [1.82, 2.24) is 10.2 Å². The number of nitrogens with zero attached hydrogens (tertiary/aromatic N) is 1. The highest BCUT2D eigenvalue weighted by Crippen LogP contribution is 2.05. The molecular formula is C13H20N3O4P. The topological polar surface area (TPSA) is 110 Å². The van der Waals surface area contributed by atoms with Gasteiger partial charge in [-0.25, -0.2) is 0 Å². The largest absolute Gasteiger partial charge is 0.356 e. The standard InChI is InChI=1S/C13H20N3O4P/c14-9(13(20)21)3-1-2-7-15-10(17)6-8-16-11(18)4-5-12(16)19/h4-5,9H,1-3,6-8,14,21H2,(H,15,17). The quantitative estimate of drug-likeness (QED) is 0.333. The molecule has 0 fully saturated rings. The van der Waals surface area contributed by atoms with Gasteiger partial charge in [-0.1, -0.05) is 9.24 Å². The number of amides is 3. The first-order chi connectivity index (χ1) is 9.91. The molecule has 0 radical (unpaired) electrons. The Bertz CT molecular complexity index is 446. The maximum Gasteiger partial charge on any atom is 0.253 e. The van der Waals surface area contributed by atoms with Gasteiger partial charge in [0.1, 0.15) is 0 Å². The van der Waals surface area contributed by atoms with E-state index in [-0.39, 0.29) is 36.2 Å². The Balaban J connectivity index is 2.08. The number of rotatable bonds is 9. The van der Waals surface area contributed by atoms with Crippen molar-refractivity contribution in [3.63, 3.8) is 0 Å². The number of hydrogen-bond acceptors (Lipinski definition) is 5. The molecule has 0 saturated heterocycles. The molecule has 1 heterocycles. The summed E-state index contributed by atoms with van der Waals surface area (Å²) in [5.74, 6) is -0.985. The summed E-state index contributed by atoms with van der Waals surface area (Å²) in [7, 11) is 2.05. The smallest absolute Gasteiger partial charge is 0.253 e. The van der Waals surface area contributed by atoms with Crippen LogP contribution in [0.25, 0.3) is 0 Å². The minimum absolute atomic E-state index is 0.0861. The lowest BCUT2D eigenvalue weighted by molar-refractivity contribution is -0.137. The number of carbonyl (C=O) groups is 4. The van der Waals surface area contributed by atoms with E-state index < -0.39 is 6.04 Å². The first-order valence-corrected chi connectivity index (χ1v) is 7.34. The van der Waals surface area contributed by atoms with Crippen molar-refractivity contribution in [1.29, 1.82) is 0 Å². The summed E-state index contributed by atoms with van der Waals surface area (Å²) in [6, 6.07) is -0.467. The third-order valence-corrected chi connectivity index (χ3v) is 3.52. The van der Waals surface area contributed by atoms with Gasteiger partial charge in [0.05, 0.1) is 6.04 Å². The molecule has 116 valence electrons. The fraction of sp³-hybridized carbons (Fsp3) is 0.538. The van der Waals surface area contributed by atoms with Crippen LogP contribution >= 0.6 is 9.24 Å². The second-order valence-corrected chi connectivity index (χ2v) is 5.34. The van der Waals surface area contributed by atoms with Gasteiger partial charge < -0.3 is 11.1 Å². The van der Waals surface area contributed by atoms with E-state index in [4.69, 9.17) is 5.73 Å². The highest BCUT2D eigenvalue weighted by molar-refractivity contribution is 7.40. The normalized spacial score (nSPS) is 15.4. The number of carbonyl (C=O) groups excluding carboxylic acids is 4. The zero-order chi connectivity index (χ0) is 15.8. The van der Waals surface area contributed by atoms with E-state index in [0.29, 0.717) is 13.0 Å². The summed E-state index contributed by atoms with van der Waals surface area (Å²) >= 11 is 0. The zero-order valence-electron chi connectivity index (χ0n) is 11.7. The summed E-state index contributed by atoms with van der Waals surface area (Å²) in [4.78, 5) is 46.0. The molecule has 2 unspecified atom stereocenters. The van der Waals surface area contributed by atoms with Crippen molar-refractivity contribution < 1.29 is 19.2 Å². The average molecular weight is 313 g/mol. The first-order valence-electron chi connectivity index (χ1n) is 6.77. The molecule has 0 spiro atoms. The lowest BCUT2D eigenvalue weighted by Gasteiger charge is -2.13. The van der Waals surface area contributed by atoms with Crippen LogP contribution in [0.15, 0.2) is 12.2 Å². The second kappa shape index (κ2) is 8.64. The Labute approximate surface area is 125 Å². The molecule has 0 aliphatic carbocycles. The highest BCUT2D eigenvalue weighted by Gasteiger charge is 2.23. The average Bonchev–Trinajstić information content (AvgIpc) is 2.75. The van der Waals surface area contributed by atoms with E-state index in [1.54, 1.807) is 0 Å². The molecule has 1 aliphatic heterocycles. The summed E-state index contributed by atoms with van der Waals surface area (Å²) in [6.07, 6.45) is 4.52. The van der Waals surface area contributed by atoms with E-state index in [0.717, 1.165) is 17.7 Å². The van der Waals surface area contributed by atoms with Crippen LogP contribution in [-0.4, -0.2) is 47.3 Å². The maximum absolute atomic E-state index is 11.6. The Kier molecular flexibility index (Phi) is 7.19. The van der Waals surface area contributed by atoms with E-state index in [1.165, 1.54) is 12.2 Å². The van der Waals surface area contributed by atoms with Gasteiger partial charge in [0.15, 0.2) is 5.52 Å². The van der Waals surface area contributed by atoms with Crippen molar-refractivity contribution in [3.8, 4) is 0 Å². The first kappa shape index (κ1) is 17.5. The number of imide groups is 1. The maximum atomic E-state index is 11.6. The van der Waals surface area contributed by atoms with Gasteiger partial charge in [-0.15, -0.1) is 0 Å². The molecule has 0 aromatic rings. The third-order valence-electron chi connectivity index (χ3n) is 3.09. The summed E-state index contributed by atoms with van der Waals surface area (Å²) < 4.78 is 0. The lowest BCUT2D eigenvalue weighted by atomic mass is 10.1. The van der Waals surface area contributed by atoms with Crippen LogP contribution in [0.2, 0.25) is 0 Å². The summed E-state index contributed by atoms with van der Waals surface area (Å²) in [6.45, 7) is 0.569. The second-order valence-electron chi connectivity index (χ2n) is 4.77. The van der Waals surface area contributed by atoms with Gasteiger partial charge in [0, 0.05) is 31.7 Å². The fourth-order valence-corrected chi connectivity index (χ4v) is 1.98. The zero-order valence-corrected chi connectivity index (χ0v) is 12.9. The number of nitrogens with one attached hydrogen (secondary N) is 1. The number of unbranched alkanes of at least 4 members (excludes halogenated alkanes) is 1. The van der Waals surface area contributed by atoms with Crippen LogP contribution in [0, 0.1) is 0 Å². The Morgan fingerprint density at radius 2 is 1.86 bits per heavy atom. The van der Waals surface area contributed by atoms with Crippen LogP contribution in [-0.2, 0) is 19.2 Å². The van der Waals surface area contributed by atoms with Crippen molar-refractivity contribution in [2.24, 2.45) is 5.73 Å². The molecule has 1 rings (SSSR count). The third kappa shape index (κ3) is 6.14. The Morgan fingerprint density at radius 1 is 1.24 bits per heavy atom. The monoisotopic (exact) mass is 313 g/mol. The van der Waals surface area contributed by atoms with Gasteiger partial charge in [0.2, 0.25) is 5.91 Å². The molecule has 21 heavy (non-hydrogen) atoms. The van der Waals surface area contributed by atoms with Gasteiger partial charge >= 0.3 is 0 Å². The minimum atomic E-state index is -0.467.